The van der Waals surface area contributed by atoms with Gasteiger partial charge in [-0.15, -0.1) is 11.6 Å². The van der Waals surface area contributed by atoms with E-state index in [1.54, 1.807) is 0 Å². The topological polar surface area (TPSA) is 39.7 Å². The Hall–Kier alpha value is 0.130. The van der Waals surface area contributed by atoms with Crippen molar-refractivity contribution in [3.05, 3.63) is 0 Å². The van der Waals surface area contributed by atoms with Crippen LogP contribution >= 0.6 is 11.6 Å². The van der Waals surface area contributed by atoms with Crippen molar-refractivity contribution in [3.63, 3.8) is 0 Å². The molecule has 0 radical (unpaired) electrons. The van der Waals surface area contributed by atoms with Gasteiger partial charge in [0.25, 0.3) is 0 Å². The molecule has 1 atom stereocenters. The SMILES string of the molecule is CCCCOCCOCCOCCNC(C)CCCCl. The first-order valence-corrected chi connectivity index (χ1v) is 8.37. The van der Waals surface area contributed by atoms with E-state index in [0.717, 1.165) is 44.9 Å². The maximum Gasteiger partial charge on any atom is 0.0701 e. The minimum absolute atomic E-state index is 0.508. The summed E-state index contributed by atoms with van der Waals surface area (Å²) in [5, 5.41) is 3.40. The smallest absolute Gasteiger partial charge is 0.0701 e. The van der Waals surface area contributed by atoms with Crippen LogP contribution in [-0.4, -0.2) is 58.1 Å². The minimum Gasteiger partial charge on any atom is -0.379 e. The van der Waals surface area contributed by atoms with Gasteiger partial charge in [0, 0.05) is 25.1 Å². The highest BCUT2D eigenvalue weighted by atomic mass is 35.5. The van der Waals surface area contributed by atoms with E-state index in [4.69, 9.17) is 25.8 Å². The lowest BCUT2D eigenvalue weighted by atomic mass is 10.2. The molecule has 4 nitrogen and oxygen atoms in total. The Morgan fingerprint density at radius 3 is 2.10 bits per heavy atom. The van der Waals surface area contributed by atoms with Crippen molar-refractivity contribution >= 4 is 11.6 Å². The Balaban J connectivity index is 3.02. The number of unbranched alkanes of at least 4 members (excludes halogenated alkanes) is 1. The zero-order valence-electron chi connectivity index (χ0n) is 13.2. The van der Waals surface area contributed by atoms with E-state index >= 15 is 0 Å². The van der Waals surface area contributed by atoms with E-state index in [2.05, 4.69) is 19.2 Å². The summed E-state index contributed by atoms with van der Waals surface area (Å²) in [5.74, 6) is 0.738. The summed E-state index contributed by atoms with van der Waals surface area (Å²) in [6.45, 7) is 9.39. The van der Waals surface area contributed by atoms with Crippen molar-refractivity contribution in [1.82, 2.24) is 5.32 Å². The molecule has 5 heteroatoms. The van der Waals surface area contributed by atoms with Gasteiger partial charge in [0.15, 0.2) is 0 Å². The second-order valence-corrected chi connectivity index (χ2v) is 5.26. The molecule has 0 rings (SSSR count). The molecule has 0 heterocycles. The van der Waals surface area contributed by atoms with Gasteiger partial charge in [-0.1, -0.05) is 13.3 Å². The predicted molar refractivity (Wildman–Crippen MR) is 84.8 cm³/mol. The van der Waals surface area contributed by atoms with E-state index in [0.29, 0.717) is 32.5 Å². The van der Waals surface area contributed by atoms with Crippen LogP contribution in [0.25, 0.3) is 0 Å². The Kier molecular flexibility index (Phi) is 17.3. The first-order chi connectivity index (χ1) is 9.81. The van der Waals surface area contributed by atoms with Gasteiger partial charge in [0.05, 0.1) is 33.0 Å². The molecule has 122 valence electrons. The predicted octanol–water partition coefficient (Wildman–Crippen LogP) is 2.83. The quantitative estimate of drug-likeness (QED) is 0.351. The van der Waals surface area contributed by atoms with Crippen LogP contribution in [0.3, 0.4) is 0 Å². The van der Waals surface area contributed by atoms with Gasteiger partial charge in [-0.05, 0) is 26.2 Å². The average molecular weight is 310 g/mol. The van der Waals surface area contributed by atoms with Gasteiger partial charge in [-0.3, -0.25) is 0 Å². The molecule has 0 aliphatic rings. The molecule has 0 aliphatic carbocycles. The second-order valence-electron chi connectivity index (χ2n) is 4.88. The molecule has 20 heavy (non-hydrogen) atoms. The maximum absolute atomic E-state index is 5.65. The molecule has 1 N–H and O–H groups in total. The highest BCUT2D eigenvalue weighted by Gasteiger charge is 1.99. The highest BCUT2D eigenvalue weighted by molar-refractivity contribution is 6.17. The van der Waals surface area contributed by atoms with Gasteiger partial charge in [-0.25, -0.2) is 0 Å². The maximum atomic E-state index is 5.65. The second kappa shape index (κ2) is 17.2. The Labute approximate surface area is 129 Å². The van der Waals surface area contributed by atoms with E-state index in [1.165, 1.54) is 6.42 Å². The van der Waals surface area contributed by atoms with Crippen LogP contribution in [0, 0.1) is 0 Å². The molecule has 0 saturated carbocycles. The number of nitrogens with one attached hydrogen (secondary N) is 1. The summed E-state index contributed by atoms with van der Waals surface area (Å²) in [5.41, 5.74) is 0. The highest BCUT2D eigenvalue weighted by Crippen LogP contribution is 1.97. The summed E-state index contributed by atoms with van der Waals surface area (Å²) in [4.78, 5) is 0. The van der Waals surface area contributed by atoms with Crippen LogP contribution in [-0.2, 0) is 14.2 Å². The normalized spacial score (nSPS) is 12.8. The van der Waals surface area contributed by atoms with Gasteiger partial charge < -0.3 is 19.5 Å². The largest absolute Gasteiger partial charge is 0.379 e. The van der Waals surface area contributed by atoms with Crippen molar-refractivity contribution in [3.8, 4) is 0 Å². The summed E-state index contributed by atoms with van der Waals surface area (Å²) in [6.07, 6.45) is 4.47. The van der Waals surface area contributed by atoms with Crippen LogP contribution in [0.4, 0.5) is 0 Å². The van der Waals surface area contributed by atoms with Crippen LogP contribution < -0.4 is 5.32 Å². The number of hydrogen-bond donors (Lipinski definition) is 1. The molecule has 0 aromatic rings. The number of alkyl halides is 1. The lowest BCUT2D eigenvalue weighted by Crippen LogP contribution is -2.29. The zero-order valence-corrected chi connectivity index (χ0v) is 13.9. The summed E-state index contributed by atoms with van der Waals surface area (Å²) < 4.78 is 16.3. The molecule has 0 aliphatic heterocycles. The minimum atomic E-state index is 0.508. The Bertz CT molecular complexity index is 185. The molecule has 1 unspecified atom stereocenters. The van der Waals surface area contributed by atoms with Crippen molar-refractivity contribution in [1.29, 1.82) is 0 Å². The summed E-state index contributed by atoms with van der Waals surface area (Å²) >= 11 is 5.65. The van der Waals surface area contributed by atoms with Gasteiger partial charge in [-0.2, -0.15) is 0 Å². The lowest BCUT2D eigenvalue weighted by Gasteiger charge is -2.13. The fraction of sp³-hybridized carbons (Fsp3) is 1.00. The molecule has 0 aromatic carbocycles. The van der Waals surface area contributed by atoms with Gasteiger partial charge in [0.2, 0.25) is 0 Å². The molecule has 0 amide bonds. The molecule has 0 spiro atoms. The number of rotatable bonds is 16. The molecule has 0 saturated heterocycles. The third kappa shape index (κ3) is 16.2. The van der Waals surface area contributed by atoms with E-state index in [1.807, 2.05) is 0 Å². The fourth-order valence-corrected chi connectivity index (χ4v) is 1.81. The Morgan fingerprint density at radius 1 is 0.900 bits per heavy atom. The van der Waals surface area contributed by atoms with Crippen molar-refractivity contribution in [2.45, 2.75) is 45.6 Å². The van der Waals surface area contributed by atoms with Crippen LogP contribution in [0.2, 0.25) is 0 Å². The summed E-state index contributed by atoms with van der Waals surface area (Å²) in [6, 6.07) is 0.508. The molecule has 0 bridgehead atoms. The Morgan fingerprint density at radius 2 is 1.50 bits per heavy atom. The fourth-order valence-electron chi connectivity index (χ4n) is 1.65. The summed E-state index contributed by atoms with van der Waals surface area (Å²) in [7, 11) is 0. The van der Waals surface area contributed by atoms with E-state index < -0.39 is 0 Å². The standard InChI is InChI=1S/C15H32ClNO3/c1-3-4-9-18-11-13-20-14-12-19-10-8-17-15(2)6-5-7-16/h15,17H,3-14H2,1-2H3. The number of ether oxygens (including phenoxy) is 3. The van der Waals surface area contributed by atoms with Crippen molar-refractivity contribution in [2.75, 3.05) is 52.1 Å². The average Bonchev–Trinajstić information content (AvgIpc) is 2.46. The van der Waals surface area contributed by atoms with E-state index in [9.17, 15) is 0 Å². The zero-order chi connectivity index (χ0) is 14.9. The third-order valence-electron chi connectivity index (χ3n) is 2.90. The number of halogens is 1. The van der Waals surface area contributed by atoms with Crippen LogP contribution in [0.5, 0.6) is 0 Å². The first kappa shape index (κ1) is 20.1. The van der Waals surface area contributed by atoms with Crippen molar-refractivity contribution < 1.29 is 14.2 Å². The van der Waals surface area contributed by atoms with E-state index in [-0.39, 0.29) is 0 Å². The monoisotopic (exact) mass is 309 g/mol. The van der Waals surface area contributed by atoms with Crippen LogP contribution in [0.15, 0.2) is 0 Å². The molecule has 0 fully saturated rings. The lowest BCUT2D eigenvalue weighted by molar-refractivity contribution is 0.0144. The van der Waals surface area contributed by atoms with Crippen molar-refractivity contribution in [2.24, 2.45) is 0 Å². The van der Waals surface area contributed by atoms with Gasteiger partial charge in [0.1, 0.15) is 0 Å². The molecular formula is C15H32ClNO3. The first-order valence-electron chi connectivity index (χ1n) is 7.83. The number of hydrogen-bond acceptors (Lipinski definition) is 4. The molecule has 0 aromatic heterocycles. The van der Waals surface area contributed by atoms with Crippen LogP contribution in [0.1, 0.15) is 39.5 Å². The third-order valence-corrected chi connectivity index (χ3v) is 3.16. The van der Waals surface area contributed by atoms with Gasteiger partial charge >= 0.3 is 0 Å². The molecular weight excluding hydrogens is 278 g/mol.